The number of hydrogen-bond acceptors (Lipinski definition) is 5. The topological polar surface area (TPSA) is 73.1 Å². The summed E-state index contributed by atoms with van der Waals surface area (Å²) in [5.74, 6) is 4.83. The number of nitrogen functional groups attached to an aromatic ring is 1. The molecule has 6 heteroatoms. The molecule has 1 aromatic heterocycles. The molecule has 3 N–H and O–H groups in total. The van der Waals surface area contributed by atoms with E-state index in [-0.39, 0.29) is 23.9 Å². The molecule has 1 heterocycles. The van der Waals surface area contributed by atoms with E-state index >= 15 is 0 Å². The first-order chi connectivity index (χ1) is 7.04. The molecule has 1 atom stereocenters. The fourth-order valence-corrected chi connectivity index (χ4v) is 0.816. The van der Waals surface area contributed by atoms with Crippen molar-refractivity contribution in [2.45, 2.75) is 26.9 Å². The number of nitrogens with two attached hydrogens (primary N) is 1. The third kappa shape index (κ3) is 3.02. The average molecular weight is 214 g/mol. The van der Waals surface area contributed by atoms with Crippen LogP contribution in [0.2, 0.25) is 0 Å². The number of ether oxygens (including phenoxy) is 1. The first-order valence-electron chi connectivity index (χ1n) is 4.70. The Morgan fingerprint density at radius 1 is 1.47 bits per heavy atom. The zero-order chi connectivity index (χ0) is 11.4. The number of anilines is 1. The van der Waals surface area contributed by atoms with Crippen LogP contribution in [-0.4, -0.2) is 16.1 Å². The van der Waals surface area contributed by atoms with Crippen LogP contribution >= 0.6 is 0 Å². The first-order valence-corrected chi connectivity index (χ1v) is 4.70. The van der Waals surface area contributed by atoms with Gasteiger partial charge in [-0.3, -0.25) is 5.43 Å². The fraction of sp³-hybridized carbons (Fsp3) is 0.556. The van der Waals surface area contributed by atoms with Crippen LogP contribution < -0.4 is 16.0 Å². The SMILES string of the molecule is CC(C)C(C)Oc1nc(NN)ncc1F. The minimum Gasteiger partial charge on any atom is -0.472 e. The van der Waals surface area contributed by atoms with Gasteiger partial charge in [0.05, 0.1) is 6.20 Å². The molecule has 1 unspecified atom stereocenters. The van der Waals surface area contributed by atoms with Crippen LogP contribution in [-0.2, 0) is 0 Å². The lowest BCUT2D eigenvalue weighted by molar-refractivity contribution is 0.155. The molecule has 0 fully saturated rings. The van der Waals surface area contributed by atoms with Crippen molar-refractivity contribution in [1.29, 1.82) is 0 Å². The molecule has 0 aliphatic heterocycles. The van der Waals surface area contributed by atoms with Gasteiger partial charge >= 0.3 is 0 Å². The monoisotopic (exact) mass is 214 g/mol. The molecule has 84 valence electrons. The Morgan fingerprint density at radius 3 is 2.67 bits per heavy atom. The summed E-state index contributed by atoms with van der Waals surface area (Å²) >= 11 is 0. The Kier molecular flexibility index (Phi) is 3.79. The van der Waals surface area contributed by atoms with E-state index in [4.69, 9.17) is 10.6 Å². The van der Waals surface area contributed by atoms with Gasteiger partial charge in [0.1, 0.15) is 6.10 Å². The van der Waals surface area contributed by atoms with Crippen LogP contribution in [0.1, 0.15) is 20.8 Å². The van der Waals surface area contributed by atoms with E-state index in [1.54, 1.807) is 0 Å². The normalized spacial score (nSPS) is 12.7. The first kappa shape index (κ1) is 11.6. The highest BCUT2D eigenvalue weighted by atomic mass is 19.1. The molecule has 0 aliphatic carbocycles. The third-order valence-corrected chi connectivity index (χ3v) is 2.08. The van der Waals surface area contributed by atoms with E-state index in [0.717, 1.165) is 6.20 Å². The van der Waals surface area contributed by atoms with Crippen LogP contribution in [0, 0.1) is 11.7 Å². The number of hydrazine groups is 1. The molecule has 0 radical (unpaired) electrons. The maximum Gasteiger partial charge on any atom is 0.255 e. The van der Waals surface area contributed by atoms with Crippen LogP contribution in [0.4, 0.5) is 10.3 Å². The van der Waals surface area contributed by atoms with E-state index < -0.39 is 5.82 Å². The number of aromatic nitrogens is 2. The second-order valence-corrected chi connectivity index (χ2v) is 3.56. The van der Waals surface area contributed by atoms with Gasteiger partial charge in [0, 0.05) is 0 Å². The lowest BCUT2D eigenvalue weighted by atomic mass is 10.1. The molecular formula is C9H15FN4O. The zero-order valence-corrected chi connectivity index (χ0v) is 8.99. The van der Waals surface area contributed by atoms with E-state index in [0.29, 0.717) is 0 Å². The van der Waals surface area contributed by atoms with Gasteiger partial charge in [0.25, 0.3) is 5.88 Å². The maximum atomic E-state index is 13.2. The lowest BCUT2D eigenvalue weighted by Gasteiger charge is -2.17. The molecule has 0 spiro atoms. The van der Waals surface area contributed by atoms with Crippen molar-refractivity contribution in [2.75, 3.05) is 5.43 Å². The van der Waals surface area contributed by atoms with Gasteiger partial charge in [0.15, 0.2) is 0 Å². The van der Waals surface area contributed by atoms with Gasteiger partial charge in [-0.25, -0.2) is 10.8 Å². The fourth-order valence-electron chi connectivity index (χ4n) is 0.816. The van der Waals surface area contributed by atoms with Crippen molar-refractivity contribution in [3.8, 4) is 5.88 Å². The summed E-state index contributed by atoms with van der Waals surface area (Å²) < 4.78 is 18.5. The highest BCUT2D eigenvalue weighted by Gasteiger charge is 2.14. The van der Waals surface area contributed by atoms with Crippen molar-refractivity contribution < 1.29 is 9.13 Å². The van der Waals surface area contributed by atoms with Crippen LogP contribution in [0.25, 0.3) is 0 Å². The van der Waals surface area contributed by atoms with Crippen LogP contribution in [0.5, 0.6) is 5.88 Å². The Balaban J connectivity index is 2.83. The Bertz CT molecular complexity index is 332. The van der Waals surface area contributed by atoms with E-state index in [1.165, 1.54) is 0 Å². The summed E-state index contributed by atoms with van der Waals surface area (Å²) in [7, 11) is 0. The van der Waals surface area contributed by atoms with Crippen LogP contribution in [0.3, 0.4) is 0 Å². The van der Waals surface area contributed by atoms with Crippen molar-refractivity contribution >= 4 is 5.95 Å². The quantitative estimate of drug-likeness (QED) is 0.584. The summed E-state index contributed by atoms with van der Waals surface area (Å²) in [5, 5.41) is 0. The van der Waals surface area contributed by atoms with Gasteiger partial charge in [-0.2, -0.15) is 9.37 Å². The predicted molar refractivity (Wildman–Crippen MR) is 54.7 cm³/mol. The van der Waals surface area contributed by atoms with E-state index in [2.05, 4.69) is 15.4 Å². The molecule has 1 aromatic rings. The largest absolute Gasteiger partial charge is 0.472 e. The molecule has 5 nitrogen and oxygen atoms in total. The molecule has 0 saturated heterocycles. The Morgan fingerprint density at radius 2 is 2.13 bits per heavy atom. The van der Waals surface area contributed by atoms with Gasteiger partial charge in [-0.1, -0.05) is 13.8 Å². The molecule has 0 bridgehead atoms. The second kappa shape index (κ2) is 4.88. The summed E-state index contributed by atoms with van der Waals surface area (Å²) in [6.07, 6.45) is 0.893. The predicted octanol–water partition coefficient (Wildman–Crippen LogP) is 1.32. The number of halogens is 1. The molecule has 0 aromatic carbocycles. The Labute approximate surface area is 87.8 Å². The number of nitrogens with zero attached hydrogens (tertiary/aromatic N) is 2. The highest BCUT2D eigenvalue weighted by Crippen LogP contribution is 2.17. The minimum atomic E-state index is -0.596. The summed E-state index contributed by atoms with van der Waals surface area (Å²) in [4.78, 5) is 7.38. The number of nitrogens with one attached hydrogen (secondary N) is 1. The third-order valence-electron chi connectivity index (χ3n) is 2.08. The van der Waals surface area contributed by atoms with Crippen molar-refractivity contribution in [3.05, 3.63) is 12.0 Å². The molecular weight excluding hydrogens is 199 g/mol. The lowest BCUT2D eigenvalue weighted by Crippen LogP contribution is -2.21. The van der Waals surface area contributed by atoms with Crippen LogP contribution in [0.15, 0.2) is 6.20 Å². The molecule has 0 saturated carbocycles. The van der Waals surface area contributed by atoms with Crippen molar-refractivity contribution in [1.82, 2.24) is 9.97 Å². The minimum absolute atomic E-state index is 0.0841. The van der Waals surface area contributed by atoms with E-state index in [1.807, 2.05) is 20.8 Å². The van der Waals surface area contributed by atoms with Gasteiger partial charge in [-0.05, 0) is 12.8 Å². The van der Waals surface area contributed by atoms with Crippen molar-refractivity contribution in [3.63, 3.8) is 0 Å². The standard InChI is InChI=1S/C9H15FN4O/c1-5(2)6(3)15-8-7(10)4-12-9(13-8)14-11/h4-6H,11H2,1-3H3,(H,12,13,14). The maximum absolute atomic E-state index is 13.2. The summed E-state index contributed by atoms with van der Waals surface area (Å²) in [6.45, 7) is 5.81. The highest BCUT2D eigenvalue weighted by molar-refractivity contribution is 5.26. The smallest absolute Gasteiger partial charge is 0.255 e. The van der Waals surface area contributed by atoms with Gasteiger partial charge < -0.3 is 4.74 Å². The molecule has 0 amide bonds. The average Bonchev–Trinajstić information content (AvgIpc) is 2.21. The summed E-state index contributed by atoms with van der Waals surface area (Å²) in [6, 6.07) is 0. The summed E-state index contributed by atoms with van der Waals surface area (Å²) in [5.41, 5.74) is 2.23. The zero-order valence-electron chi connectivity index (χ0n) is 8.99. The van der Waals surface area contributed by atoms with Crippen molar-refractivity contribution in [2.24, 2.45) is 11.8 Å². The number of hydrogen-bond donors (Lipinski definition) is 2. The van der Waals surface area contributed by atoms with E-state index in [9.17, 15) is 4.39 Å². The molecule has 1 rings (SSSR count). The van der Waals surface area contributed by atoms with Gasteiger partial charge in [0.2, 0.25) is 11.8 Å². The second-order valence-electron chi connectivity index (χ2n) is 3.56. The molecule has 0 aliphatic rings. The molecule has 15 heavy (non-hydrogen) atoms. The van der Waals surface area contributed by atoms with Gasteiger partial charge in [-0.15, -0.1) is 0 Å². The Hall–Kier alpha value is -1.43. The number of rotatable bonds is 4.